The summed E-state index contributed by atoms with van der Waals surface area (Å²) in [5.41, 5.74) is 2.54. The van der Waals surface area contributed by atoms with Crippen LogP contribution in [0.3, 0.4) is 0 Å². The number of esters is 1. The van der Waals surface area contributed by atoms with Gasteiger partial charge in [0.05, 0.1) is 18.1 Å². The summed E-state index contributed by atoms with van der Waals surface area (Å²) in [4.78, 5) is 38.7. The monoisotopic (exact) mass is 428 g/mol. The lowest BCUT2D eigenvalue weighted by molar-refractivity contribution is -0.122. The predicted molar refractivity (Wildman–Crippen MR) is 117 cm³/mol. The molecule has 0 saturated carbocycles. The minimum absolute atomic E-state index is 0.106. The molecule has 6 nitrogen and oxygen atoms in total. The third kappa shape index (κ3) is 5.00. The maximum Gasteiger partial charge on any atom is 0.338 e. The third-order valence-corrected chi connectivity index (χ3v) is 5.55. The molecule has 158 valence electrons. The molecular weight excluding hydrogens is 404 g/mol. The average molecular weight is 429 g/mol. The number of ether oxygens (including phenoxy) is 1. The summed E-state index contributed by atoms with van der Waals surface area (Å²) < 4.78 is 5.18. The quantitative estimate of drug-likeness (QED) is 0.516. The number of unbranched alkanes of at least 4 members (excludes halogenated alkanes) is 1. The zero-order valence-corrected chi connectivity index (χ0v) is 17.9. The second-order valence-corrected chi connectivity index (χ2v) is 7.75. The van der Waals surface area contributed by atoms with Crippen LogP contribution in [0.4, 0.5) is 11.4 Å². The molecule has 1 N–H and O–H groups in total. The van der Waals surface area contributed by atoms with Crippen molar-refractivity contribution < 1.29 is 19.1 Å². The summed E-state index contributed by atoms with van der Waals surface area (Å²) in [6.07, 6.45) is 1.92. The smallest absolute Gasteiger partial charge is 0.338 e. The molecule has 1 heterocycles. The lowest BCUT2D eigenvalue weighted by atomic mass is 10.1. The first kappa shape index (κ1) is 21.8. The highest BCUT2D eigenvalue weighted by Gasteiger charge is 2.35. The molecule has 0 bridgehead atoms. The van der Waals surface area contributed by atoms with Crippen LogP contribution in [0.2, 0.25) is 5.02 Å². The van der Waals surface area contributed by atoms with Crippen molar-refractivity contribution >= 4 is 40.8 Å². The molecule has 2 amide bonds. The van der Waals surface area contributed by atoms with Crippen LogP contribution in [-0.2, 0) is 14.3 Å². The molecule has 0 aliphatic carbocycles. The number of rotatable bonds is 7. The van der Waals surface area contributed by atoms with E-state index in [1.807, 2.05) is 19.9 Å². The first-order valence-electron chi connectivity index (χ1n) is 10.0. The Kier molecular flexibility index (Phi) is 7.11. The van der Waals surface area contributed by atoms with E-state index in [0.29, 0.717) is 29.4 Å². The molecule has 30 heavy (non-hydrogen) atoms. The molecule has 2 aromatic carbocycles. The van der Waals surface area contributed by atoms with Crippen LogP contribution >= 0.6 is 11.6 Å². The van der Waals surface area contributed by atoms with Crippen molar-refractivity contribution in [3.63, 3.8) is 0 Å². The van der Waals surface area contributed by atoms with Gasteiger partial charge in [-0.15, -0.1) is 0 Å². The minimum atomic E-state index is -0.463. The van der Waals surface area contributed by atoms with E-state index in [0.717, 1.165) is 24.1 Å². The van der Waals surface area contributed by atoms with E-state index < -0.39 is 5.92 Å². The van der Waals surface area contributed by atoms with E-state index in [2.05, 4.69) is 5.32 Å². The number of amides is 2. The predicted octanol–water partition coefficient (Wildman–Crippen LogP) is 4.60. The van der Waals surface area contributed by atoms with Crippen LogP contribution < -0.4 is 10.2 Å². The normalized spacial score (nSPS) is 15.9. The van der Waals surface area contributed by atoms with Crippen molar-refractivity contribution in [2.75, 3.05) is 23.4 Å². The lowest BCUT2D eigenvalue weighted by Crippen LogP contribution is -2.28. The van der Waals surface area contributed by atoms with E-state index in [1.165, 1.54) is 0 Å². The summed E-state index contributed by atoms with van der Waals surface area (Å²) in [6, 6.07) is 11.9. The Morgan fingerprint density at radius 2 is 1.93 bits per heavy atom. The van der Waals surface area contributed by atoms with Gasteiger partial charge < -0.3 is 15.0 Å². The number of carbonyl (C=O) groups excluding carboxylic acids is 3. The van der Waals surface area contributed by atoms with Crippen molar-refractivity contribution in [2.24, 2.45) is 5.92 Å². The van der Waals surface area contributed by atoms with E-state index >= 15 is 0 Å². The second kappa shape index (κ2) is 9.76. The highest BCUT2D eigenvalue weighted by molar-refractivity contribution is 6.31. The van der Waals surface area contributed by atoms with Crippen LogP contribution in [-0.4, -0.2) is 30.9 Å². The van der Waals surface area contributed by atoms with Gasteiger partial charge in [-0.2, -0.15) is 0 Å². The fourth-order valence-corrected chi connectivity index (χ4v) is 3.50. The Morgan fingerprint density at radius 3 is 2.63 bits per heavy atom. The molecule has 0 spiro atoms. The Labute approximate surface area is 181 Å². The number of halogens is 1. The van der Waals surface area contributed by atoms with E-state index in [1.54, 1.807) is 41.3 Å². The zero-order chi connectivity index (χ0) is 21.7. The number of nitrogens with zero attached hydrogens (tertiary/aromatic N) is 1. The molecule has 1 saturated heterocycles. The Balaban J connectivity index is 1.60. The fourth-order valence-electron chi connectivity index (χ4n) is 3.33. The molecule has 3 rings (SSSR count). The summed E-state index contributed by atoms with van der Waals surface area (Å²) in [5.74, 6) is -1.18. The Hall–Kier alpha value is -2.86. The second-order valence-electron chi connectivity index (χ2n) is 7.35. The van der Waals surface area contributed by atoms with Gasteiger partial charge in [0, 0.05) is 29.4 Å². The Bertz CT molecular complexity index is 943. The molecule has 1 atom stereocenters. The maximum atomic E-state index is 12.7. The zero-order valence-electron chi connectivity index (χ0n) is 17.1. The third-order valence-electron chi connectivity index (χ3n) is 5.14. The summed E-state index contributed by atoms with van der Waals surface area (Å²) in [7, 11) is 0. The summed E-state index contributed by atoms with van der Waals surface area (Å²) in [6.45, 7) is 4.57. The number of benzene rings is 2. The molecule has 2 aromatic rings. The standard InChI is InChI=1S/C23H25ClN2O4/c1-3-4-12-30-23(29)16-8-10-18(11-9-16)25-22(28)17-13-21(27)26(14-17)20-7-5-6-19(24)15(20)2/h5-11,17H,3-4,12-14H2,1-2H3,(H,25,28)/t17-/m1/s1. The van der Waals surface area contributed by atoms with Gasteiger partial charge in [-0.3, -0.25) is 9.59 Å². The molecule has 0 unspecified atom stereocenters. The van der Waals surface area contributed by atoms with Gasteiger partial charge in [0.1, 0.15) is 0 Å². The van der Waals surface area contributed by atoms with Crippen LogP contribution in [0, 0.1) is 12.8 Å². The van der Waals surface area contributed by atoms with Gasteiger partial charge >= 0.3 is 5.97 Å². The van der Waals surface area contributed by atoms with Gasteiger partial charge in [-0.25, -0.2) is 4.79 Å². The number of hydrogen-bond donors (Lipinski definition) is 1. The Morgan fingerprint density at radius 1 is 1.20 bits per heavy atom. The van der Waals surface area contributed by atoms with Crippen LogP contribution in [0.5, 0.6) is 0 Å². The molecule has 0 aromatic heterocycles. The molecule has 1 fully saturated rings. The molecule has 1 aliphatic rings. The van der Waals surface area contributed by atoms with Crippen molar-refractivity contribution in [1.82, 2.24) is 0 Å². The van der Waals surface area contributed by atoms with Crippen molar-refractivity contribution in [3.8, 4) is 0 Å². The first-order valence-corrected chi connectivity index (χ1v) is 10.4. The summed E-state index contributed by atoms with van der Waals surface area (Å²) in [5, 5.41) is 3.41. The topological polar surface area (TPSA) is 75.7 Å². The van der Waals surface area contributed by atoms with Gasteiger partial charge in [0.2, 0.25) is 11.8 Å². The molecule has 0 radical (unpaired) electrons. The van der Waals surface area contributed by atoms with E-state index in [-0.39, 0.29) is 24.2 Å². The number of anilines is 2. The van der Waals surface area contributed by atoms with E-state index in [4.69, 9.17) is 16.3 Å². The maximum absolute atomic E-state index is 12.7. The molecule has 1 aliphatic heterocycles. The van der Waals surface area contributed by atoms with Crippen LogP contribution in [0.25, 0.3) is 0 Å². The summed E-state index contributed by atoms with van der Waals surface area (Å²) >= 11 is 6.17. The fraction of sp³-hybridized carbons (Fsp3) is 0.348. The number of hydrogen-bond acceptors (Lipinski definition) is 4. The van der Waals surface area contributed by atoms with Crippen molar-refractivity contribution in [3.05, 3.63) is 58.6 Å². The van der Waals surface area contributed by atoms with Gasteiger partial charge in [-0.05, 0) is 55.3 Å². The molecular formula is C23H25ClN2O4. The van der Waals surface area contributed by atoms with Crippen LogP contribution in [0.15, 0.2) is 42.5 Å². The van der Waals surface area contributed by atoms with Crippen molar-refractivity contribution in [2.45, 2.75) is 33.1 Å². The average Bonchev–Trinajstić information content (AvgIpc) is 3.12. The lowest BCUT2D eigenvalue weighted by Gasteiger charge is -2.19. The van der Waals surface area contributed by atoms with Crippen LogP contribution in [0.1, 0.15) is 42.1 Å². The highest BCUT2D eigenvalue weighted by atomic mass is 35.5. The molecule has 7 heteroatoms. The van der Waals surface area contributed by atoms with Crippen molar-refractivity contribution in [1.29, 1.82) is 0 Å². The number of carbonyl (C=O) groups is 3. The van der Waals surface area contributed by atoms with Gasteiger partial charge in [-0.1, -0.05) is 31.0 Å². The largest absolute Gasteiger partial charge is 0.462 e. The van der Waals surface area contributed by atoms with Gasteiger partial charge in [0.15, 0.2) is 0 Å². The number of nitrogens with one attached hydrogen (secondary N) is 1. The minimum Gasteiger partial charge on any atom is -0.462 e. The first-order chi connectivity index (χ1) is 14.4. The SMILES string of the molecule is CCCCOC(=O)c1ccc(NC(=O)[C@@H]2CC(=O)N(c3cccc(Cl)c3C)C2)cc1. The van der Waals surface area contributed by atoms with E-state index in [9.17, 15) is 14.4 Å². The van der Waals surface area contributed by atoms with Gasteiger partial charge in [0.25, 0.3) is 0 Å². The highest BCUT2D eigenvalue weighted by Crippen LogP contribution is 2.31.